The SMILES string of the molecule is CCN(Cc1ccccn1)C(=O)c1ccc(Br)cc1OC. The lowest BCUT2D eigenvalue weighted by atomic mass is 10.1. The molecule has 2 rings (SSSR count). The molecule has 0 saturated heterocycles. The Morgan fingerprint density at radius 1 is 1.33 bits per heavy atom. The van der Waals surface area contributed by atoms with Crippen LogP contribution in [0.1, 0.15) is 23.0 Å². The average Bonchev–Trinajstić information content (AvgIpc) is 2.52. The lowest BCUT2D eigenvalue weighted by molar-refractivity contribution is 0.0747. The van der Waals surface area contributed by atoms with Crippen LogP contribution in [0, 0.1) is 0 Å². The molecule has 0 aliphatic heterocycles. The highest BCUT2D eigenvalue weighted by Gasteiger charge is 2.19. The molecule has 0 N–H and O–H groups in total. The maximum Gasteiger partial charge on any atom is 0.257 e. The Bertz CT molecular complexity index is 617. The molecule has 0 aliphatic carbocycles. The molecule has 0 fully saturated rings. The number of carbonyl (C=O) groups is 1. The van der Waals surface area contributed by atoms with Crippen molar-refractivity contribution >= 4 is 21.8 Å². The van der Waals surface area contributed by atoms with Gasteiger partial charge < -0.3 is 9.64 Å². The summed E-state index contributed by atoms with van der Waals surface area (Å²) in [6.07, 6.45) is 1.73. The van der Waals surface area contributed by atoms with Gasteiger partial charge in [-0.1, -0.05) is 22.0 Å². The first-order valence-corrected chi connectivity index (χ1v) is 7.47. The third-order valence-electron chi connectivity index (χ3n) is 3.14. The van der Waals surface area contributed by atoms with E-state index < -0.39 is 0 Å². The molecule has 0 bridgehead atoms. The fourth-order valence-electron chi connectivity index (χ4n) is 2.03. The number of carbonyl (C=O) groups excluding carboxylic acids is 1. The van der Waals surface area contributed by atoms with Crippen LogP contribution in [0.5, 0.6) is 5.75 Å². The van der Waals surface area contributed by atoms with Gasteiger partial charge in [-0.25, -0.2) is 0 Å². The van der Waals surface area contributed by atoms with Crippen LogP contribution in [0.2, 0.25) is 0 Å². The Labute approximate surface area is 132 Å². The summed E-state index contributed by atoms with van der Waals surface area (Å²) in [5.74, 6) is 0.501. The molecule has 5 heteroatoms. The van der Waals surface area contributed by atoms with Gasteiger partial charge in [0.1, 0.15) is 5.75 Å². The topological polar surface area (TPSA) is 42.4 Å². The molecule has 4 nitrogen and oxygen atoms in total. The van der Waals surface area contributed by atoms with Gasteiger partial charge in [0, 0.05) is 17.2 Å². The number of halogens is 1. The Morgan fingerprint density at radius 3 is 2.76 bits per heavy atom. The van der Waals surface area contributed by atoms with Crippen molar-refractivity contribution in [3.63, 3.8) is 0 Å². The molecule has 1 aromatic carbocycles. The predicted octanol–water partition coefficient (Wildman–Crippen LogP) is 3.52. The van der Waals surface area contributed by atoms with E-state index in [1.807, 2.05) is 31.2 Å². The monoisotopic (exact) mass is 348 g/mol. The fourth-order valence-corrected chi connectivity index (χ4v) is 2.37. The van der Waals surface area contributed by atoms with Gasteiger partial charge >= 0.3 is 0 Å². The van der Waals surface area contributed by atoms with Crippen molar-refractivity contribution in [3.8, 4) is 5.75 Å². The second kappa shape index (κ2) is 7.22. The van der Waals surface area contributed by atoms with Crippen molar-refractivity contribution in [2.24, 2.45) is 0 Å². The van der Waals surface area contributed by atoms with E-state index in [1.54, 1.807) is 30.3 Å². The van der Waals surface area contributed by atoms with E-state index in [-0.39, 0.29) is 5.91 Å². The van der Waals surface area contributed by atoms with Crippen LogP contribution in [0.25, 0.3) is 0 Å². The van der Waals surface area contributed by atoms with Gasteiger partial charge in [0.25, 0.3) is 5.91 Å². The van der Waals surface area contributed by atoms with Gasteiger partial charge in [-0.15, -0.1) is 0 Å². The van der Waals surface area contributed by atoms with Gasteiger partial charge in [-0.3, -0.25) is 9.78 Å². The standard InChI is InChI=1S/C16H17BrN2O2/c1-3-19(11-13-6-4-5-9-18-13)16(20)14-8-7-12(17)10-15(14)21-2/h4-10H,3,11H2,1-2H3. The Morgan fingerprint density at radius 2 is 2.14 bits per heavy atom. The summed E-state index contributed by atoms with van der Waals surface area (Å²) < 4.78 is 6.18. The summed E-state index contributed by atoms with van der Waals surface area (Å²) in [7, 11) is 1.56. The largest absolute Gasteiger partial charge is 0.496 e. The average molecular weight is 349 g/mol. The minimum atomic E-state index is -0.0625. The number of aromatic nitrogens is 1. The second-order valence-corrected chi connectivity index (χ2v) is 5.40. The molecule has 0 unspecified atom stereocenters. The summed E-state index contributed by atoms with van der Waals surface area (Å²) >= 11 is 3.38. The van der Waals surface area contributed by atoms with Crippen LogP contribution in [0.15, 0.2) is 47.1 Å². The molecule has 1 aromatic heterocycles. The number of rotatable bonds is 5. The number of amides is 1. The molecular formula is C16H17BrN2O2. The van der Waals surface area contributed by atoms with Crippen LogP contribution in [-0.2, 0) is 6.54 Å². The summed E-state index contributed by atoms with van der Waals surface area (Å²) in [5.41, 5.74) is 1.42. The molecule has 0 radical (unpaired) electrons. The van der Waals surface area contributed by atoms with Crippen molar-refractivity contribution in [2.45, 2.75) is 13.5 Å². The van der Waals surface area contributed by atoms with Crippen molar-refractivity contribution in [1.82, 2.24) is 9.88 Å². The smallest absolute Gasteiger partial charge is 0.257 e. The highest BCUT2D eigenvalue weighted by atomic mass is 79.9. The summed E-state index contributed by atoms with van der Waals surface area (Å²) in [4.78, 5) is 18.7. The summed E-state index contributed by atoms with van der Waals surface area (Å²) in [5, 5.41) is 0. The Balaban J connectivity index is 2.24. The molecule has 0 saturated carbocycles. The maximum absolute atomic E-state index is 12.7. The molecule has 0 atom stereocenters. The number of benzene rings is 1. The molecule has 2 aromatic rings. The number of pyridine rings is 1. The third-order valence-corrected chi connectivity index (χ3v) is 3.64. The van der Waals surface area contributed by atoms with E-state index in [0.717, 1.165) is 10.2 Å². The van der Waals surface area contributed by atoms with Crippen molar-refractivity contribution in [2.75, 3.05) is 13.7 Å². The van der Waals surface area contributed by atoms with Gasteiger partial charge in [0.15, 0.2) is 0 Å². The van der Waals surface area contributed by atoms with E-state index >= 15 is 0 Å². The Kier molecular flexibility index (Phi) is 5.33. The molecule has 110 valence electrons. The summed E-state index contributed by atoms with van der Waals surface area (Å²) in [6.45, 7) is 3.04. The molecule has 1 heterocycles. The van der Waals surface area contributed by atoms with Gasteiger partial charge in [0.2, 0.25) is 0 Å². The quantitative estimate of drug-likeness (QED) is 0.830. The van der Waals surface area contributed by atoms with Crippen LogP contribution in [-0.4, -0.2) is 29.4 Å². The fraction of sp³-hybridized carbons (Fsp3) is 0.250. The maximum atomic E-state index is 12.7. The molecule has 0 spiro atoms. The number of ether oxygens (including phenoxy) is 1. The lowest BCUT2D eigenvalue weighted by Crippen LogP contribution is -2.31. The first-order valence-electron chi connectivity index (χ1n) is 6.68. The van der Waals surface area contributed by atoms with E-state index in [9.17, 15) is 4.79 Å². The minimum Gasteiger partial charge on any atom is -0.496 e. The predicted molar refractivity (Wildman–Crippen MR) is 85.3 cm³/mol. The van der Waals surface area contributed by atoms with E-state index in [4.69, 9.17) is 4.74 Å². The second-order valence-electron chi connectivity index (χ2n) is 4.49. The molecule has 0 aliphatic rings. The van der Waals surface area contributed by atoms with Gasteiger partial charge in [0.05, 0.1) is 24.9 Å². The third kappa shape index (κ3) is 3.82. The zero-order valence-electron chi connectivity index (χ0n) is 12.0. The molecule has 21 heavy (non-hydrogen) atoms. The minimum absolute atomic E-state index is 0.0625. The van der Waals surface area contributed by atoms with E-state index in [2.05, 4.69) is 20.9 Å². The van der Waals surface area contributed by atoms with Crippen molar-refractivity contribution in [3.05, 3.63) is 58.3 Å². The van der Waals surface area contributed by atoms with Crippen LogP contribution < -0.4 is 4.74 Å². The van der Waals surface area contributed by atoms with Crippen LogP contribution in [0.4, 0.5) is 0 Å². The normalized spacial score (nSPS) is 10.2. The van der Waals surface area contributed by atoms with E-state index in [0.29, 0.717) is 24.4 Å². The highest BCUT2D eigenvalue weighted by molar-refractivity contribution is 9.10. The highest BCUT2D eigenvalue weighted by Crippen LogP contribution is 2.25. The zero-order chi connectivity index (χ0) is 15.2. The number of hydrogen-bond donors (Lipinski definition) is 0. The number of nitrogens with zero attached hydrogens (tertiary/aromatic N) is 2. The van der Waals surface area contributed by atoms with Gasteiger partial charge in [-0.05, 0) is 37.3 Å². The number of hydrogen-bond acceptors (Lipinski definition) is 3. The van der Waals surface area contributed by atoms with E-state index in [1.165, 1.54) is 0 Å². The number of methoxy groups -OCH3 is 1. The van der Waals surface area contributed by atoms with Crippen LogP contribution >= 0.6 is 15.9 Å². The molecule has 1 amide bonds. The van der Waals surface area contributed by atoms with Crippen molar-refractivity contribution < 1.29 is 9.53 Å². The van der Waals surface area contributed by atoms with Gasteiger partial charge in [-0.2, -0.15) is 0 Å². The lowest BCUT2D eigenvalue weighted by Gasteiger charge is -2.21. The summed E-state index contributed by atoms with van der Waals surface area (Å²) in [6, 6.07) is 11.1. The molecular weight excluding hydrogens is 332 g/mol. The van der Waals surface area contributed by atoms with Crippen LogP contribution in [0.3, 0.4) is 0 Å². The first kappa shape index (κ1) is 15.5. The Hall–Kier alpha value is -1.88. The zero-order valence-corrected chi connectivity index (χ0v) is 13.6. The first-order chi connectivity index (χ1) is 10.2. The van der Waals surface area contributed by atoms with Crippen molar-refractivity contribution in [1.29, 1.82) is 0 Å².